The highest BCUT2D eigenvalue weighted by molar-refractivity contribution is 5.77. The standard InChI is InChI=1S/C7H12N2O2/c1-9-5-2-7(10)8-6(9)4-11-3-5/h5-6H,2-4H2,1H3,(H,8,10). The fraction of sp³-hybridized carbons (Fsp3) is 0.857. The number of rotatable bonds is 0. The fourth-order valence-electron chi connectivity index (χ4n) is 1.61. The molecular formula is C7H12N2O2. The van der Waals surface area contributed by atoms with Gasteiger partial charge >= 0.3 is 0 Å². The van der Waals surface area contributed by atoms with Crippen LogP contribution in [0.3, 0.4) is 0 Å². The molecule has 0 aromatic carbocycles. The van der Waals surface area contributed by atoms with Crippen LogP contribution in [0.5, 0.6) is 0 Å². The van der Waals surface area contributed by atoms with E-state index in [2.05, 4.69) is 10.2 Å². The Morgan fingerprint density at radius 1 is 1.64 bits per heavy atom. The second-order valence-electron chi connectivity index (χ2n) is 3.14. The van der Waals surface area contributed by atoms with E-state index in [1.807, 2.05) is 7.05 Å². The summed E-state index contributed by atoms with van der Waals surface area (Å²) in [4.78, 5) is 13.2. The van der Waals surface area contributed by atoms with Crippen LogP contribution in [0.2, 0.25) is 0 Å². The van der Waals surface area contributed by atoms with E-state index in [0.717, 1.165) is 0 Å². The van der Waals surface area contributed by atoms with Crippen molar-refractivity contribution in [3.05, 3.63) is 0 Å². The highest BCUT2D eigenvalue weighted by Gasteiger charge is 2.35. The number of likely N-dealkylation sites (N-methyl/N-ethyl adjacent to an activating group) is 1. The van der Waals surface area contributed by atoms with E-state index in [-0.39, 0.29) is 12.1 Å². The van der Waals surface area contributed by atoms with Gasteiger partial charge in [-0.3, -0.25) is 9.69 Å². The Morgan fingerprint density at radius 3 is 3.18 bits per heavy atom. The Labute approximate surface area is 65.5 Å². The maximum absolute atomic E-state index is 11.0. The van der Waals surface area contributed by atoms with Crippen LogP contribution in [0.1, 0.15) is 6.42 Å². The lowest BCUT2D eigenvalue weighted by Gasteiger charge is -2.43. The number of morpholine rings is 1. The number of carbonyl (C=O) groups is 1. The molecule has 1 N–H and O–H groups in total. The Bertz CT molecular complexity index is 167. The fourth-order valence-corrected chi connectivity index (χ4v) is 1.61. The summed E-state index contributed by atoms with van der Waals surface area (Å²) in [5.74, 6) is 0.154. The highest BCUT2D eigenvalue weighted by atomic mass is 16.5. The predicted octanol–water partition coefficient (Wildman–Crippen LogP) is -0.837. The molecule has 0 aromatic heterocycles. The van der Waals surface area contributed by atoms with Crippen molar-refractivity contribution < 1.29 is 9.53 Å². The van der Waals surface area contributed by atoms with Crippen LogP contribution in [0.25, 0.3) is 0 Å². The van der Waals surface area contributed by atoms with Crippen molar-refractivity contribution in [1.82, 2.24) is 10.2 Å². The average molecular weight is 156 g/mol. The second kappa shape index (κ2) is 2.46. The first-order chi connectivity index (χ1) is 5.27. The Hall–Kier alpha value is -0.610. The first-order valence-electron chi connectivity index (χ1n) is 3.86. The van der Waals surface area contributed by atoms with Crippen molar-refractivity contribution in [2.75, 3.05) is 20.3 Å². The second-order valence-corrected chi connectivity index (χ2v) is 3.14. The van der Waals surface area contributed by atoms with Crippen molar-refractivity contribution in [1.29, 1.82) is 0 Å². The van der Waals surface area contributed by atoms with E-state index < -0.39 is 0 Å². The van der Waals surface area contributed by atoms with E-state index >= 15 is 0 Å². The van der Waals surface area contributed by atoms with Crippen molar-refractivity contribution >= 4 is 5.91 Å². The van der Waals surface area contributed by atoms with Gasteiger partial charge in [-0.2, -0.15) is 0 Å². The number of nitrogens with one attached hydrogen (secondary N) is 1. The zero-order valence-electron chi connectivity index (χ0n) is 6.54. The first-order valence-corrected chi connectivity index (χ1v) is 3.86. The van der Waals surface area contributed by atoms with Gasteiger partial charge in [0.2, 0.25) is 5.91 Å². The molecular weight excluding hydrogens is 144 g/mol. The first kappa shape index (κ1) is 7.06. The van der Waals surface area contributed by atoms with E-state index in [9.17, 15) is 4.79 Å². The van der Waals surface area contributed by atoms with Crippen molar-refractivity contribution in [2.45, 2.75) is 18.6 Å². The molecule has 0 aliphatic carbocycles. The molecule has 2 atom stereocenters. The van der Waals surface area contributed by atoms with Gasteiger partial charge in [0.05, 0.1) is 13.2 Å². The summed E-state index contributed by atoms with van der Waals surface area (Å²) in [7, 11) is 2.03. The molecule has 2 heterocycles. The summed E-state index contributed by atoms with van der Waals surface area (Å²) in [5.41, 5.74) is 0. The third kappa shape index (κ3) is 1.12. The molecule has 62 valence electrons. The third-order valence-electron chi connectivity index (χ3n) is 2.40. The van der Waals surface area contributed by atoms with E-state index in [1.54, 1.807) is 0 Å². The summed E-state index contributed by atoms with van der Waals surface area (Å²) in [6.45, 7) is 1.32. The maximum Gasteiger partial charge on any atom is 0.222 e. The molecule has 0 radical (unpaired) electrons. The molecule has 2 saturated heterocycles. The molecule has 4 nitrogen and oxygen atoms in total. The van der Waals surface area contributed by atoms with Crippen LogP contribution in [0, 0.1) is 0 Å². The number of amides is 1. The lowest BCUT2D eigenvalue weighted by atomic mass is 10.1. The molecule has 2 fully saturated rings. The van der Waals surface area contributed by atoms with Crippen LogP contribution in [-0.4, -0.2) is 43.3 Å². The van der Waals surface area contributed by atoms with Gasteiger partial charge in [0.1, 0.15) is 6.17 Å². The van der Waals surface area contributed by atoms with Gasteiger partial charge < -0.3 is 10.1 Å². The number of fused-ring (bicyclic) bond motifs is 2. The number of nitrogens with zero attached hydrogens (tertiary/aromatic N) is 1. The summed E-state index contributed by atoms with van der Waals surface area (Å²) in [6.07, 6.45) is 0.683. The minimum absolute atomic E-state index is 0.106. The van der Waals surface area contributed by atoms with Gasteiger partial charge in [0, 0.05) is 12.5 Å². The normalized spacial score (nSPS) is 38.5. The molecule has 2 aliphatic heterocycles. The summed E-state index contributed by atoms with van der Waals surface area (Å²) in [6, 6.07) is 0.294. The Kier molecular flexibility index (Phi) is 1.58. The highest BCUT2D eigenvalue weighted by Crippen LogP contribution is 2.16. The molecule has 2 rings (SSSR count). The van der Waals surface area contributed by atoms with Crippen LogP contribution >= 0.6 is 0 Å². The van der Waals surface area contributed by atoms with Gasteiger partial charge in [-0.15, -0.1) is 0 Å². The molecule has 2 aliphatic rings. The molecule has 1 amide bonds. The van der Waals surface area contributed by atoms with Crippen LogP contribution in [0.15, 0.2) is 0 Å². The number of ether oxygens (including phenoxy) is 1. The van der Waals surface area contributed by atoms with Gasteiger partial charge in [-0.1, -0.05) is 0 Å². The van der Waals surface area contributed by atoms with Crippen molar-refractivity contribution in [3.8, 4) is 0 Å². The smallest absolute Gasteiger partial charge is 0.222 e. The number of carbonyl (C=O) groups excluding carboxylic acids is 1. The monoisotopic (exact) mass is 156 g/mol. The van der Waals surface area contributed by atoms with Gasteiger partial charge in [0.25, 0.3) is 0 Å². The zero-order valence-corrected chi connectivity index (χ0v) is 6.54. The van der Waals surface area contributed by atoms with E-state index in [4.69, 9.17) is 4.74 Å². The molecule has 0 aromatic rings. The lowest BCUT2D eigenvalue weighted by Crippen LogP contribution is -2.63. The third-order valence-corrected chi connectivity index (χ3v) is 2.40. The van der Waals surface area contributed by atoms with Crippen LogP contribution < -0.4 is 5.32 Å². The number of hydrogen-bond acceptors (Lipinski definition) is 3. The van der Waals surface area contributed by atoms with E-state index in [1.165, 1.54) is 0 Å². The predicted molar refractivity (Wildman–Crippen MR) is 38.9 cm³/mol. The lowest BCUT2D eigenvalue weighted by molar-refractivity contribution is -0.139. The molecule has 2 unspecified atom stereocenters. The van der Waals surface area contributed by atoms with Crippen molar-refractivity contribution in [3.63, 3.8) is 0 Å². The van der Waals surface area contributed by atoms with Crippen LogP contribution in [-0.2, 0) is 9.53 Å². The quantitative estimate of drug-likeness (QED) is 0.497. The molecule has 2 bridgehead atoms. The van der Waals surface area contributed by atoms with E-state index in [0.29, 0.717) is 25.7 Å². The summed E-state index contributed by atoms with van der Waals surface area (Å²) >= 11 is 0. The van der Waals surface area contributed by atoms with Gasteiger partial charge in [-0.05, 0) is 7.05 Å². The Morgan fingerprint density at radius 2 is 2.45 bits per heavy atom. The van der Waals surface area contributed by atoms with Gasteiger partial charge in [0.15, 0.2) is 0 Å². The van der Waals surface area contributed by atoms with Crippen LogP contribution in [0.4, 0.5) is 0 Å². The minimum Gasteiger partial charge on any atom is -0.376 e. The van der Waals surface area contributed by atoms with Crippen molar-refractivity contribution in [2.24, 2.45) is 0 Å². The maximum atomic E-state index is 11.0. The summed E-state index contributed by atoms with van der Waals surface area (Å²) in [5, 5.41) is 2.86. The largest absolute Gasteiger partial charge is 0.376 e. The zero-order chi connectivity index (χ0) is 7.84. The topological polar surface area (TPSA) is 41.6 Å². The molecule has 4 heteroatoms. The minimum atomic E-state index is 0.106. The molecule has 0 spiro atoms. The molecule has 11 heavy (non-hydrogen) atoms. The molecule has 0 saturated carbocycles. The average Bonchev–Trinajstić information content (AvgIpc) is 1.92. The summed E-state index contributed by atoms with van der Waals surface area (Å²) < 4.78 is 5.30. The SMILES string of the molecule is CN1C2COCC1NC(=O)C2. The Balaban J connectivity index is 2.12. The number of hydrogen-bond donors (Lipinski definition) is 1. The van der Waals surface area contributed by atoms with Gasteiger partial charge in [-0.25, -0.2) is 0 Å².